The Labute approximate surface area is 103 Å². The van der Waals surface area contributed by atoms with Crippen molar-refractivity contribution in [1.29, 1.82) is 0 Å². The Morgan fingerprint density at radius 3 is 2.59 bits per heavy atom. The number of Topliss-reactive ketones (excluding diaryl/α,β-unsaturated/α-hetero) is 1. The van der Waals surface area contributed by atoms with E-state index in [0.717, 1.165) is 47.2 Å². The zero-order valence-electron chi connectivity index (χ0n) is 10.5. The molecular weight excluding hydrogens is 210 g/mol. The van der Waals surface area contributed by atoms with Crippen molar-refractivity contribution in [2.24, 2.45) is 0 Å². The number of benzene rings is 1. The molecule has 2 N–H and O–H groups in total. The van der Waals surface area contributed by atoms with E-state index in [1.54, 1.807) is 0 Å². The minimum absolute atomic E-state index is 0.324. The molecule has 2 rings (SSSR count). The number of nitrogens with two attached hydrogens (primary N) is 1. The van der Waals surface area contributed by atoms with Crippen LogP contribution in [0.15, 0.2) is 23.8 Å². The molecule has 1 aliphatic carbocycles. The maximum atomic E-state index is 11.9. The van der Waals surface area contributed by atoms with Gasteiger partial charge in [-0.3, -0.25) is 4.79 Å². The number of nitrogen functional groups attached to an aromatic ring is 1. The van der Waals surface area contributed by atoms with Gasteiger partial charge in [0.05, 0.1) is 0 Å². The average molecular weight is 229 g/mol. The minimum atomic E-state index is 0.324. The molecule has 17 heavy (non-hydrogen) atoms. The Hall–Kier alpha value is -1.57. The first-order valence-electron chi connectivity index (χ1n) is 6.19. The van der Waals surface area contributed by atoms with Gasteiger partial charge in [-0.05, 0) is 67.5 Å². The first-order valence-corrected chi connectivity index (χ1v) is 6.19. The number of carbonyl (C=O) groups is 1. The summed E-state index contributed by atoms with van der Waals surface area (Å²) in [5.74, 6) is 0.324. The number of aryl methyl sites for hydroxylation is 1. The van der Waals surface area contributed by atoms with E-state index in [4.69, 9.17) is 5.73 Å². The summed E-state index contributed by atoms with van der Waals surface area (Å²) in [5, 5.41) is 0. The van der Waals surface area contributed by atoms with Crippen molar-refractivity contribution in [3.8, 4) is 0 Å². The van der Waals surface area contributed by atoms with E-state index in [1.165, 1.54) is 0 Å². The molecule has 1 aromatic carbocycles. The first kappa shape index (κ1) is 11.9. The maximum Gasteiger partial charge on any atom is 0.159 e. The van der Waals surface area contributed by atoms with Crippen LogP contribution in [0, 0.1) is 6.92 Å². The van der Waals surface area contributed by atoms with Crippen molar-refractivity contribution in [1.82, 2.24) is 0 Å². The Morgan fingerprint density at radius 2 is 1.94 bits per heavy atom. The number of rotatable bonds is 1. The molecule has 1 fully saturated rings. The highest BCUT2D eigenvalue weighted by Crippen LogP contribution is 2.30. The molecule has 1 aliphatic rings. The lowest BCUT2D eigenvalue weighted by Crippen LogP contribution is -2.10. The number of allylic oxidation sites excluding steroid dienone is 2. The molecule has 2 nitrogen and oxygen atoms in total. The lowest BCUT2D eigenvalue weighted by molar-refractivity contribution is -0.116. The summed E-state index contributed by atoms with van der Waals surface area (Å²) in [6, 6.07) is 5.89. The van der Waals surface area contributed by atoms with Gasteiger partial charge in [0, 0.05) is 12.1 Å². The lowest BCUT2D eigenvalue weighted by atomic mass is 9.87. The fourth-order valence-electron chi connectivity index (χ4n) is 2.54. The molecule has 0 bridgehead atoms. The second-order valence-electron chi connectivity index (χ2n) is 4.81. The Morgan fingerprint density at radius 1 is 1.24 bits per heavy atom. The predicted octanol–water partition coefficient (Wildman–Crippen LogP) is 3.49. The molecular formula is C15H19NO. The van der Waals surface area contributed by atoms with Gasteiger partial charge < -0.3 is 5.73 Å². The molecule has 0 heterocycles. The predicted molar refractivity (Wildman–Crippen MR) is 71.7 cm³/mol. The fraction of sp³-hybridized carbons (Fsp3) is 0.400. The van der Waals surface area contributed by atoms with Crippen molar-refractivity contribution >= 4 is 17.0 Å². The molecule has 0 amide bonds. The van der Waals surface area contributed by atoms with Crippen LogP contribution in [0.4, 0.5) is 5.69 Å². The van der Waals surface area contributed by atoms with Crippen LogP contribution < -0.4 is 5.73 Å². The topological polar surface area (TPSA) is 43.1 Å². The van der Waals surface area contributed by atoms with Gasteiger partial charge in [0.1, 0.15) is 0 Å². The summed E-state index contributed by atoms with van der Waals surface area (Å²) >= 11 is 0. The molecule has 0 radical (unpaired) electrons. The van der Waals surface area contributed by atoms with Crippen LogP contribution in [-0.2, 0) is 4.79 Å². The highest BCUT2D eigenvalue weighted by atomic mass is 16.1. The van der Waals surface area contributed by atoms with E-state index in [-0.39, 0.29) is 0 Å². The number of hydrogen-bond acceptors (Lipinski definition) is 2. The Balaban J connectivity index is 2.44. The van der Waals surface area contributed by atoms with Gasteiger partial charge in [-0.25, -0.2) is 0 Å². The molecule has 1 aromatic rings. The molecule has 0 unspecified atom stereocenters. The van der Waals surface area contributed by atoms with Crippen LogP contribution in [-0.4, -0.2) is 5.78 Å². The molecule has 90 valence electrons. The average Bonchev–Trinajstić information content (AvgIpc) is 2.29. The second kappa shape index (κ2) is 4.74. The largest absolute Gasteiger partial charge is 0.399 e. The molecule has 2 heteroatoms. The summed E-state index contributed by atoms with van der Waals surface area (Å²) < 4.78 is 0. The van der Waals surface area contributed by atoms with Crippen LogP contribution in [0.1, 0.15) is 43.7 Å². The van der Waals surface area contributed by atoms with Crippen LogP contribution in [0.2, 0.25) is 0 Å². The van der Waals surface area contributed by atoms with Gasteiger partial charge in [-0.15, -0.1) is 0 Å². The summed E-state index contributed by atoms with van der Waals surface area (Å²) in [6.45, 7) is 4.10. The quantitative estimate of drug-likeness (QED) is 0.591. The summed E-state index contributed by atoms with van der Waals surface area (Å²) in [5.41, 5.74) is 11.0. The van der Waals surface area contributed by atoms with Crippen LogP contribution >= 0.6 is 0 Å². The number of anilines is 1. The van der Waals surface area contributed by atoms with Crippen molar-refractivity contribution in [2.75, 3.05) is 5.73 Å². The summed E-state index contributed by atoms with van der Waals surface area (Å²) in [7, 11) is 0. The molecule has 0 spiro atoms. The molecule has 0 aliphatic heterocycles. The molecule has 0 aromatic heterocycles. The van der Waals surface area contributed by atoms with E-state index in [2.05, 4.69) is 6.92 Å². The Kier molecular flexibility index (Phi) is 3.32. The zero-order chi connectivity index (χ0) is 12.4. The summed E-state index contributed by atoms with van der Waals surface area (Å²) in [4.78, 5) is 11.9. The minimum Gasteiger partial charge on any atom is -0.399 e. The smallest absolute Gasteiger partial charge is 0.159 e. The zero-order valence-corrected chi connectivity index (χ0v) is 10.5. The van der Waals surface area contributed by atoms with E-state index in [9.17, 15) is 4.79 Å². The van der Waals surface area contributed by atoms with E-state index in [1.807, 2.05) is 25.1 Å². The van der Waals surface area contributed by atoms with Gasteiger partial charge >= 0.3 is 0 Å². The van der Waals surface area contributed by atoms with Crippen LogP contribution in [0.3, 0.4) is 0 Å². The number of ketones is 1. The van der Waals surface area contributed by atoms with Crippen molar-refractivity contribution in [3.05, 3.63) is 34.9 Å². The van der Waals surface area contributed by atoms with Crippen LogP contribution in [0.5, 0.6) is 0 Å². The normalized spacial score (nSPS) is 19.3. The number of hydrogen-bond donors (Lipinski definition) is 1. The van der Waals surface area contributed by atoms with Gasteiger partial charge in [-0.2, -0.15) is 0 Å². The second-order valence-corrected chi connectivity index (χ2v) is 4.81. The van der Waals surface area contributed by atoms with Crippen molar-refractivity contribution in [3.63, 3.8) is 0 Å². The molecule has 1 saturated carbocycles. The third kappa shape index (κ3) is 2.41. The van der Waals surface area contributed by atoms with E-state index < -0.39 is 0 Å². The van der Waals surface area contributed by atoms with Gasteiger partial charge in [-0.1, -0.05) is 6.07 Å². The standard InChI is InChI=1S/C15H19NO/c1-10-9-12(16)7-8-13(10)11(2)14-5-3-4-6-15(14)17/h7-9H,3-6,16H2,1-2H3. The maximum absolute atomic E-state index is 11.9. The van der Waals surface area contributed by atoms with Crippen molar-refractivity contribution < 1.29 is 4.79 Å². The Bertz CT molecular complexity index is 486. The first-order chi connectivity index (χ1) is 8.09. The molecule has 0 saturated heterocycles. The third-order valence-corrected chi connectivity index (χ3v) is 3.52. The lowest BCUT2D eigenvalue weighted by Gasteiger charge is -2.17. The fourth-order valence-corrected chi connectivity index (χ4v) is 2.54. The van der Waals surface area contributed by atoms with Gasteiger partial charge in [0.25, 0.3) is 0 Å². The SMILES string of the molecule is CC(=C1CCCCC1=O)c1ccc(N)cc1C. The third-order valence-electron chi connectivity index (χ3n) is 3.52. The summed E-state index contributed by atoms with van der Waals surface area (Å²) in [6.07, 6.45) is 3.80. The van der Waals surface area contributed by atoms with E-state index in [0.29, 0.717) is 12.2 Å². The van der Waals surface area contributed by atoms with E-state index >= 15 is 0 Å². The monoisotopic (exact) mass is 229 g/mol. The van der Waals surface area contributed by atoms with Crippen LogP contribution in [0.25, 0.3) is 5.57 Å². The van der Waals surface area contributed by atoms with Crippen molar-refractivity contribution in [2.45, 2.75) is 39.5 Å². The highest BCUT2D eigenvalue weighted by molar-refractivity contribution is 6.03. The molecule has 0 atom stereocenters. The highest BCUT2D eigenvalue weighted by Gasteiger charge is 2.18. The number of carbonyl (C=O) groups excluding carboxylic acids is 1. The van der Waals surface area contributed by atoms with Gasteiger partial charge in [0.15, 0.2) is 5.78 Å². The van der Waals surface area contributed by atoms with Gasteiger partial charge in [0.2, 0.25) is 0 Å².